The monoisotopic (exact) mass is 355 g/mol. The standard InChI is InChI=1S/C7H9ClO7P2.Fe/c8-5-3-1-2-4-6(5)15-17(13,14)7(9)16(10,11)12;/h1-4,7,9H,(H,13,14)(H2,10,11,12);/q;+3/p-3. The normalized spacial score (nSPS) is 16.3. The average molecular weight is 355 g/mol. The van der Waals surface area contributed by atoms with Crippen LogP contribution in [0.25, 0.3) is 0 Å². The van der Waals surface area contributed by atoms with Crippen LogP contribution in [0.3, 0.4) is 0 Å². The van der Waals surface area contributed by atoms with Crippen LogP contribution in [-0.2, 0) is 26.2 Å². The van der Waals surface area contributed by atoms with Crippen LogP contribution in [0.4, 0.5) is 0 Å². The van der Waals surface area contributed by atoms with E-state index in [2.05, 4.69) is 4.52 Å². The molecule has 1 radical (unpaired) electrons. The summed E-state index contributed by atoms with van der Waals surface area (Å²) in [7, 11) is -11.0. The number of rotatable bonds is 4. The van der Waals surface area contributed by atoms with E-state index >= 15 is 0 Å². The second-order valence-electron chi connectivity index (χ2n) is 2.95. The fourth-order valence-corrected chi connectivity index (χ4v) is 3.16. The second kappa shape index (κ2) is 6.53. The Kier molecular flexibility index (Phi) is 6.57. The first-order valence-electron chi connectivity index (χ1n) is 4.09. The molecule has 1 N–H and O–H groups in total. The van der Waals surface area contributed by atoms with Gasteiger partial charge in [-0.05, 0) is 19.7 Å². The first-order chi connectivity index (χ1) is 7.64. The summed E-state index contributed by atoms with van der Waals surface area (Å²) in [5.41, 5.74) is -3.15. The largest absolute Gasteiger partial charge is 3.00 e. The van der Waals surface area contributed by atoms with Gasteiger partial charge in [0.25, 0.3) is 0 Å². The third kappa shape index (κ3) is 4.67. The molecule has 101 valence electrons. The van der Waals surface area contributed by atoms with E-state index in [1.165, 1.54) is 18.2 Å². The second-order valence-corrected chi connectivity index (χ2v) is 7.08. The van der Waals surface area contributed by atoms with Gasteiger partial charge in [-0.1, -0.05) is 23.7 Å². The van der Waals surface area contributed by atoms with Gasteiger partial charge >= 0.3 is 17.1 Å². The van der Waals surface area contributed by atoms with Gasteiger partial charge in [0.05, 0.1) is 5.02 Å². The number of halogens is 1. The summed E-state index contributed by atoms with van der Waals surface area (Å²) in [6, 6.07) is 5.28. The number of aliphatic hydroxyl groups excluding tert-OH is 1. The van der Waals surface area contributed by atoms with E-state index in [4.69, 9.17) is 16.7 Å². The number of hydrogen-bond donors (Lipinski definition) is 1. The molecule has 0 heterocycles. The van der Waals surface area contributed by atoms with Crippen LogP contribution >= 0.6 is 26.8 Å². The molecule has 2 atom stereocenters. The molecule has 0 aliphatic heterocycles. The van der Waals surface area contributed by atoms with E-state index < -0.39 is 20.8 Å². The molecule has 18 heavy (non-hydrogen) atoms. The van der Waals surface area contributed by atoms with Crippen LogP contribution in [0, 0.1) is 0 Å². The van der Waals surface area contributed by atoms with Crippen molar-refractivity contribution >= 4 is 26.8 Å². The van der Waals surface area contributed by atoms with E-state index in [9.17, 15) is 23.8 Å². The molecule has 7 nitrogen and oxygen atoms in total. The average Bonchev–Trinajstić information content (AvgIpc) is 2.19. The van der Waals surface area contributed by atoms with Gasteiger partial charge in [0.2, 0.25) is 7.60 Å². The quantitative estimate of drug-likeness (QED) is 0.566. The van der Waals surface area contributed by atoms with Crippen LogP contribution in [0.5, 0.6) is 5.75 Å². The topological polar surface area (TPSA) is 133 Å². The molecule has 1 aromatic rings. The Hall–Kier alpha value is 0.129. The Morgan fingerprint density at radius 3 is 2.17 bits per heavy atom. The summed E-state index contributed by atoms with van der Waals surface area (Å²) >= 11 is 5.56. The molecule has 11 heteroatoms. The third-order valence-corrected chi connectivity index (χ3v) is 5.22. The van der Waals surface area contributed by atoms with Crippen molar-refractivity contribution in [3.63, 3.8) is 0 Å². The van der Waals surface area contributed by atoms with Crippen molar-refractivity contribution in [1.29, 1.82) is 0 Å². The molecular formula is C7H6ClFeO7P2. The van der Waals surface area contributed by atoms with E-state index in [1.807, 2.05) is 0 Å². The minimum Gasteiger partial charge on any atom is -0.809 e. The summed E-state index contributed by atoms with van der Waals surface area (Å²) in [5.74, 6) is -0.375. The minimum absolute atomic E-state index is 0. The molecule has 0 bridgehead atoms. The predicted octanol–water partition coefficient (Wildman–Crippen LogP) is -0.541. The summed E-state index contributed by atoms with van der Waals surface area (Å²) in [6.07, 6.45) is 0. The molecular weight excluding hydrogens is 349 g/mol. The first-order valence-corrected chi connectivity index (χ1v) is 7.69. The Morgan fingerprint density at radius 2 is 1.72 bits per heavy atom. The molecule has 1 aromatic carbocycles. The molecule has 0 aliphatic rings. The van der Waals surface area contributed by atoms with Crippen LogP contribution in [0.1, 0.15) is 0 Å². The molecule has 1 rings (SSSR count). The number of para-hydroxylation sites is 1. The summed E-state index contributed by atoms with van der Waals surface area (Å²) in [6.45, 7) is 0. The molecule has 2 unspecified atom stereocenters. The maximum absolute atomic E-state index is 11.2. The van der Waals surface area contributed by atoms with Crippen LogP contribution in [0.2, 0.25) is 5.02 Å². The molecule has 0 fully saturated rings. The van der Waals surface area contributed by atoms with Crippen LogP contribution in [0.15, 0.2) is 24.3 Å². The predicted molar refractivity (Wildman–Crippen MR) is 53.3 cm³/mol. The zero-order valence-corrected chi connectivity index (χ0v) is 12.1. The van der Waals surface area contributed by atoms with Crippen molar-refractivity contribution in [3.05, 3.63) is 29.3 Å². The molecule has 0 aliphatic carbocycles. The van der Waals surface area contributed by atoms with Crippen LogP contribution < -0.4 is 19.2 Å². The SMILES string of the molecule is O=P([O-])([O-])C(O)P(=O)([O-])Oc1ccccc1Cl.[Fe+3]. The Labute approximate surface area is 118 Å². The number of benzene rings is 1. The van der Waals surface area contributed by atoms with Crippen molar-refractivity contribution in [2.75, 3.05) is 0 Å². The van der Waals surface area contributed by atoms with Crippen molar-refractivity contribution < 1.29 is 50.5 Å². The number of hydrogen-bond acceptors (Lipinski definition) is 7. The summed E-state index contributed by atoms with van der Waals surface area (Å²) < 4.78 is 25.9. The zero-order valence-electron chi connectivity index (χ0n) is 8.41. The Balaban J connectivity index is 0.00000289. The van der Waals surface area contributed by atoms with Crippen LogP contribution in [-0.4, -0.2) is 10.7 Å². The van der Waals surface area contributed by atoms with Crippen molar-refractivity contribution in [1.82, 2.24) is 0 Å². The first kappa shape index (κ1) is 18.1. The van der Waals surface area contributed by atoms with Crippen molar-refractivity contribution in [2.24, 2.45) is 0 Å². The van der Waals surface area contributed by atoms with E-state index in [0.717, 1.165) is 6.07 Å². The number of aliphatic hydroxyl groups is 1. The fourth-order valence-electron chi connectivity index (χ4n) is 0.876. The van der Waals surface area contributed by atoms with E-state index in [-0.39, 0.29) is 27.8 Å². The zero-order chi connectivity index (χ0) is 13.3. The van der Waals surface area contributed by atoms with E-state index in [1.54, 1.807) is 0 Å². The van der Waals surface area contributed by atoms with Gasteiger partial charge in [-0.15, -0.1) is 0 Å². The van der Waals surface area contributed by atoms with Crippen molar-refractivity contribution in [2.45, 2.75) is 5.59 Å². The van der Waals surface area contributed by atoms with Gasteiger partial charge in [-0.3, -0.25) is 4.57 Å². The van der Waals surface area contributed by atoms with E-state index in [0.29, 0.717) is 0 Å². The van der Waals surface area contributed by atoms with Gasteiger partial charge in [-0.25, -0.2) is 0 Å². The molecule has 0 saturated heterocycles. The minimum atomic E-state index is -5.72. The third-order valence-electron chi connectivity index (χ3n) is 1.63. The van der Waals surface area contributed by atoms with Gasteiger partial charge < -0.3 is 28.9 Å². The smallest absolute Gasteiger partial charge is 0.809 e. The van der Waals surface area contributed by atoms with Crippen molar-refractivity contribution in [3.8, 4) is 5.75 Å². The molecule has 0 aromatic heterocycles. The Morgan fingerprint density at radius 1 is 1.22 bits per heavy atom. The van der Waals surface area contributed by atoms with Gasteiger partial charge in [0, 0.05) is 0 Å². The maximum Gasteiger partial charge on any atom is 3.00 e. The van der Waals surface area contributed by atoms with Gasteiger partial charge in [0.1, 0.15) is 5.75 Å². The van der Waals surface area contributed by atoms with Gasteiger partial charge in [0.15, 0.2) is 5.59 Å². The fraction of sp³-hybridized carbons (Fsp3) is 0.143. The maximum atomic E-state index is 11.2. The molecule has 0 saturated carbocycles. The summed E-state index contributed by atoms with van der Waals surface area (Å²) in [4.78, 5) is 32.0. The molecule has 0 amide bonds. The molecule has 0 spiro atoms. The Bertz CT molecular complexity index is 504. The van der Waals surface area contributed by atoms with Gasteiger partial charge in [-0.2, -0.15) is 0 Å². The summed E-state index contributed by atoms with van der Waals surface area (Å²) in [5, 5.41) is 8.72.